The SMILES string of the molecule is C.CC(C)(C)OC(=O)NC[C@@]1(c2ccc(Cl)c(Cl)c2)CCC[C@@](C)(O)C1.CC(C)(C)OC(=O)NC[C@]1(c2ccc(Cl)c(Cl)c2)CCC[C@](C)(O)C1.CC1(O)CCCC(C#N)(c2ccc(Cl)c(Cl)c2)C1.CC1(O)CCCC(CN)(c2ccc(Cl)c(Cl)c2)C1.CC1(O)CCCC(CNC(=O)OC(C)(C)C)(c2ccc(Cl)c(Cl)c2)C1.ClCCl.N#CC1(c2ccc(Cl)c(Cl)c2)CCCC(=O)C1. The van der Waals surface area contributed by atoms with E-state index in [9.17, 15) is 55.2 Å². The molecule has 6 aliphatic rings. The Morgan fingerprint density at radius 1 is 0.356 bits per heavy atom. The molecule has 0 aliphatic heterocycles. The van der Waals surface area contributed by atoms with Gasteiger partial charge in [0.1, 0.15) is 22.6 Å². The van der Waals surface area contributed by atoms with Crippen LogP contribution < -0.4 is 21.7 Å². The van der Waals surface area contributed by atoms with Gasteiger partial charge in [-0.25, -0.2) is 14.4 Å². The van der Waals surface area contributed by atoms with Gasteiger partial charge in [0, 0.05) is 60.7 Å². The van der Waals surface area contributed by atoms with Crippen LogP contribution in [0.15, 0.2) is 109 Å². The number of Topliss-reactive ketones (excluding diaryl/α,β-unsaturated/α-hetero) is 1. The van der Waals surface area contributed by atoms with Crippen LogP contribution in [0.1, 0.15) is 292 Å². The lowest BCUT2D eigenvalue weighted by atomic mass is 9.64. The maximum atomic E-state index is 12.1. The zero-order chi connectivity index (χ0) is 98.6. The molecule has 0 radical (unpaired) electrons. The first-order chi connectivity index (χ1) is 60.5. The van der Waals surface area contributed by atoms with Gasteiger partial charge in [-0.2, -0.15) is 10.5 Å². The highest BCUT2D eigenvalue weighted by atomic mass is 35.5. The number of hydrogen-bond donors (Lipinski definition) is 9. The maximum absolute atomic E-state index is 12.1. The summed E-state index contributed by atoms with van der Waals surface area (Å²) in [6.45, 7) is 27.3. The van der Waals surface area contributed by atoms with Crippen LogP contribution in [-0.4, -0.2) is 126 Å². The van der Waals surface area contributed by atoms with Crippen LogP contribution in [0.3, 0.4) is 0 Å². The standard InChI is InChI=1S/3C19H27Cl2NO3.C14H19Cl2NO.C14H15Cl2NO.C13H11Cl2NO.CH2Cl2.CH4/c3*1-17(2,3)25-16(23)22-12-19(9-5-8-18(4,24)11-19)13-6-7-14(20)15(21)10-13;2*1-13(18)5-2-6-14(8-13,9-17)10-3-4-11(15)12(16)7-10;14-11-4-3-9(6-12(11)15)13(8-16)5-1-2-10(17)7-13;2-1-3;/h3*6-7,10,24H,5,8-9,11-12H2,1-4H3,(H,22,23);3-4,7,18H,2,5-6,8-9,17H2,1H3;3-4,7,18H,2,5-6,8H2,1H3;3-4,6H,1-2,5,7H2;1H2;1H4/t2*18-,19-;;;;;;/m10....../s1. The van der Waals surface area contributed by atoms with Gasteiger partial charge in [-0.3, -0.25) is 4.79 Å². The summed E-state index contributed by atoms with van der Waals surface area (Å²) in [5, 5.41) is 86.0. The third kappa shape index (κ3) is 35.7. The van der Waals surface area contributed by atoms with Crippen molar-refractivity contribution in [3.63, 3.8) is 0 Å². The predicted molar refractivity (Wildman–Crippen MR) is 544 cm³/mol. The fourth-order valence-corrected chi connectivity index (χ4v) is 20.7. The number of nitrogens with two attached hydrogens (primary N) is 1. The Bertz CT molecular complexity index is 4700. The molecule has 10 N–H and O–H groups in total. The minimum absolute atomic E-state index is 0. The first kappa shape index (κ1) is 118. The van der Waals surface area contributed by atoms with Gasteiger partial charge >= 0.3 is 18.3 Å². The second-order valence-electron chi connectivity index (χ2n) is 40.4. The molecule has 18 nitrogen and oxygen atoms in total. The van der Waals surface area contributed by atoms with Crippen molar-refractivity contribution in [1.29, 1.82) is 10.5 Å². The van der Waals surface area contributed by atoms with Crippen molar-refractivity contribution in [3.05, 3.63) is 203 Å². The summed E-state index contributed by atoms with van der Waals surface area (Å²) >= 11 is 82.1. The lowest BCUT2D eigenvalue weighted by Crippen LogP contribution is -2.49. The highest BCUT2D eigenvalue weighted by Crippen LogP contribution is 2.51. The second-order valence-corrected chi connectivity index (χ2v) is 46.1. The number of rotatable bonds is 13. The highest BCUT2D eigenvalue weighted by molar-refractivity contribution is 6.44. The van der Waals surface area contributed by atoms with E-state index in [1.54, 1.807) is 61.5 Å². The van der Waals surface area contributed by atoms with Gasteiger partial charge in [-0.1, -0.05) is 183 Å². The van der Waals surface area contributed by atoms with E-state index in [1.807, 2.05) is 145 Å². The van der Waals surface area contributed by atoms with Crippen molar-refractivity contribution < 1.29 is 58.9 Å². The zero-order valence-corrected chi connectivity index (χ0v) is 87.8. The van der Waals surface area contributed by atoms with E-state index >= 15 is 0 Å². The van der Waals surface area contributed by atoms with Crippen molar-refractivity contribution in [2.24, 2.45) is 5.73 Å². The second kappa shape index (κ2) is 49.6. The van der Waals surface area contributed by atoms with Crippen molar-refractivity contribution in [2.75, 3.05) is 31.5 Å². The number of carbonyl (C=O) groups is 4. The van der Waals surface area contributed by atoms with Gasteiger partial charge in [0.15, 0.2) is 0 Å². The van der Waals surface area contributed by atoms with Gasteiger partial charge in [0.2, 0.25) is 0 Å². The van der Waals surface area contributed by atoms with Crippen LogP contribution >= 0.6 is 162 Å². The number of nitrogens with zero attached hydrogens (tertiary/aromatic N) is 2. The molecule has 0 bridgehead atoms. The van der Waals surface area contributed by atoms with Gasteiger partial charge in [0.25, 0.3) is 0 Å². The average molecular weight is 2110 g/mol. The Morgan fingerprint density at radius 3 is 0.811 bits per heavy atom. The molecular formula is C100H132Cl14N6O12. The summed E-state index contributed by atoms with van der Waals surface area (Å²) in [4.78, 5) is 47.9. The number of carbonyl (C=O) groups excluding carboxylic acids is 4. The van der Waals surface area contributed by atoms with Gasteiger partial charge < -0.3 is 61.4 Å². The molecule has 132 heavy (non-hydrogen) atoms. The number of alkyl halides is 2. The average Bonchev–Trinajstić information content (AvgIpc) is 0.817. The van der Waals surface area contributed by atoms with E-state index in [0.29, 0.717) is 131 Å². The number of ketones is 1. The molecule has 32 heteroatoms. The normalized spacial score (nSPS) is 27.4. The molecule has 12 rings (SSSR count). The number of aliphatic hydroxyl groups is 5. The van der Waals surface area contributed by atoms with Crippen molar-refractivity contribution in [1.82, 2.24) is 16.0 Å². The quantitative estimate of drug-likeness (QED) is 0.0383. The van der Waals surface area contributed by atoms with Crippen LogP contribution in [0.2, 0.25) is 60.3 Å². The molecule has 6 saturated carbocycles. The molecule has 7 unspecified atom stereocenters. The largest absolute Gasteiger partial charge is 0.444 e. The summed E-state index contributed by atoms with van der Waals surface area (Å²) in [6.07, 6.45) is 16.1. The minimum Gasteiger partial charge on any atom is -0.444 e. The van der Waals surface area contributed by atoms with E-state index in [1.165, 1.54) is 0 Å². The lowest BCUT2D eigenvalue weighted by Gasteiger charge is -2.44. The Hall–Kier alpha value is -4.40. The van der Waals surface area contributed by atoms with Crippen LogP contribution in [-0.2, 0) is 51.5 Å². The molecule has 3 amide bonds. The van der Waals surface area contributed by atoms with Crippen LogP contribution in [0, 0.1) is 22.7 Å². The first-order valence-corrected chi connectivity index (χ1v) is 49.6. The Balaban J connectivity index is 0.000000280. The molecule has 732 valence electrons. The fourth-order valence-electron chi connectivity index (χ4n) is 19.0. The van der Waals surface area contributed by atoms with Crippen LogP contribution in [0.25, 0.3) is 0 Å². The molecule has 11 atom stereocenters. The van der Waals surface area contributed by atoms with E-state index in [0.717, 1.165) is 136 Å². The summed E-state index contributed by atoms with van der Waals surface area (Å²) in [7, 11) is 0. The third-order valence-electron chi connectivity index (χ3n) is 24.7. The summed E-state index contributed by atoms with van der Waals surface area (Å²) in [5.74, 6) is 0.142. The topological polar surface area (TPSA) is 307 Å². The van der Waals surface area contributed by atoms with E-state index < -0.39 is 90.2 Å². The predicted octanol–water partition coefficient (Wildman–Crippen LogP) is 28.8. The Kier molecular flexibility index (Phi) is 44.4. The highest BCUT2D eigenvalue weighted by Gasteiger charge is 2.49. The van der Waals surface area contributed by atoms with Crippen LogP contribution in [0.4, 0.5) is 14.4 Å². The molecule has 0 heterocycles. The van der Waals surface area contributed by atoms with Crippen molar-refractivity contribution in [3.8, 4) is 12.1 Å². The summed E-state index contributed by atoms with van der Waals surface area (Å²) in [5.41, 5.74) is 3.35. The number of benzene rings is 6. The monoisotopic (exact) mass is 2100 g/mol. The van der Waals surface area contributed by atoms with Crippen LogP contribution in [0.5, 0.6) is 0 Å². The minimum atomic E-state index is -0.792. The number of ether oxygens (including phenoxy) is 3. The van der Waals surface area contributed by atoms with E-state index in [-0.39, 0.29) is 30.4 Å². The first-order valence-electron chi connectivity index (χ1n) is 44.0. The van der Waals surface area contributed by atoms with E-state index in [2.05, 4.69) is 28.1 Å². The maximum Gasteiger partial charge on any atom is 0.407 e. The number of nitriles is 2. The fraction of sp³-hybridized carbons (Fsp3) is 0.580. The lowest BCUT2D eigenvalue weighted by molar-refractivity contribution is -0.121. The number of alkyl carbamates (subject to hydrolysis) is 3. The van der Waals surface area contributed by atoms with Gasteiger partial charge in [0.05, 0.1) is 117 Å². The van der Waals surface area contributed by atoms with Gasteiger partial charge in [-0.15, -0.1) is 23.2 Å². The Morgan fingerprint density at radius 2 is 0.576 bits per heavy atom. The molecule has 6 aliphatic carbocycles. The Labute approximate surface area is 852 Å². The molecule has 6 aromatic carbocycles. The molecule has 0 spiro atoms. The molecule has 0 aromatic heterocycles. The third-order valence-corrected chi connectivity index (χ3v) is 29.2. The molecule has 0 saturated heterocycles. The molecule has 6 fully saturated rings. The number of nitrogens with one attached hydrogen (secondary N) is 3. The molecular weight excluding hydrogens is 1970 g/mol. The van der Waals surface area contributed by atoms with Gasteiger partial charge in [-0.05, 0) is 344 Å². The summed E-state index contributed by atoms with van der Waals surface area (Å²) < 4.78 is 16.0. The number of hydrogen-bond acceptors (Lipinski definition) is 15. The number of halogens is 14. The smallest absolute Gasteiger partial charge is 0.407 e. The number of amides is 3. The molecule has 6 aromatic rings. The van der Waals surface area contributed by atoms with Crippen molar-refractivity contribution >= 4 is 186 Å². The van der Waals surface area contributed by atoms with E-state index in [4.69, 9.17) is 182 Å². The van der Waals surface area contributed by atoms with Crippen molar-refractivity contribution in [2.45, 2.75) is 336 Å². The zero-order valence-electron chi connectivity index (χ0n) is 77.3. The summed E-state index contributed by atoms with van der Waals surface area (Å²) in [6, 6.07) is 37.3.